The maximum atomic E-state index is 14.7. The van der Waals surface area contributed by atoms with Crippen molar-refractivity contribution in [3.63, 3.8) is 0 Å². The summed E-state index contributed by atoms with van der Waals surface area (Å²) in [5.74, 6) is -0.511. The van der Waals surface area contributed by atoms with E-state index < -0.39 is 5.82 Å². The van der Waals surface area contributed by atoms with Crippen LogP contribution >= 0.6 is 0 Å². The van der Waals surface area contributed by atoms with Crippen LogP contribution in [-0.4, -0.2) is 30.7 Å². The summed E-state index contributed by atoms with van der Waals surface area (Å²) in [6.07, 6.45) is 3.36. The van der Waals surface area contributed by atoms with Crippen molar-refractivity contribution in [1.82, 2.24) is 10.3 Å². The van der Waals surface area contributed by atoms with Crippen molar-refractivity contribution in [2.24, 2.45) is 0 Å². The lowest BCUT2D eigenvalue weighted by molar-refractivity contribution is 0.0950. The number of amides is 1. The molecule has 0 radical (unpaired) electrons. The molecule has 1 N–H and O–H groups in total. The molecule has 0 aliphatic carbocycles. The van der Waals surface area contributed by atoms with Gasteiger partial charge in [0.05, 0.1) is 12.1 Å². The first-order chi connectivity index (χ1) is 14.2. The molecule has 0 aliphatic rings. The van der Waals surface area contributed by atoms with Crippen molar-refractivity contribution in [3.05, 3.63) is 71.7 Å². The van der Waals surface area contributed by atoms with Gasteiger partial charge in [0.1, 0.15) is 0 Å². The molecule has 1 heterocycles. The van der Waals surface area contributed by atoms with Gasteiger partial charge in [-0.15, -0.1) is 0 Å². The Labute approximate surface area is 169 Å². The molecule has 1 amide bonds. The number of pyridine rings is 1. The van der Waals surface area contributed by atoms with Crippen molar-refractivity contribution >= 4 is 16.8 Å². The minimum absolute atomic E-state index is 0.0806. The standard InChI is InChI=1S/C23H25FN2O3/c1-2-28-13-3-4-14-29-21-9-5-7-19(22(21)24)16-26-23(27)18-10-11-20-17(15-18)8-6-12-25-20/h5-12,15H,2-4,13-14,16H2,1H3,(H,26,27). The van der Waals surface area contributed by atoms with Gasteiger partial charge < -0.3 is 14.8 Å². The van der Waals surface area contributed by atoms with Gasteiger partial charge in [0.25, 0.3) is 5.91 Å². The van der Waals surface area contributed by atoms with E-state index in [-0.39, 0.29) is 18.2 Å². The van der Waals surface area contributed by atoms with E-state index in [0.717, 1.165) is 23.7 Å². The van der Waals surface area contributed by atoms with Crippen LogP contribution in [-0.2, 0) is 11.3 Å². The molecular weight excluding hydrogens is 371 g/mol. The molecule has 2 aromatic carbocycles. The molecular formula is C23H25FN2O3. The van der Waals surface area contributed by atoms with Crippen LogP contribution in [0.25, 0.3) is 10.9 Å². The fraction of sp³-hybridized carbons (Fsp3) is 0.304. The zero-order valence-corrected chi connectivity index (χ0v) is 16.5. The van der Waals surface area contributed by atoms with Gasteiger partial charge in [0.2, 0.25) is 0 Å². The van der Waals surface area contributed by atoms with Gasteiger partial charge in [0.15, 0.2) is 11.6 Å². The molecule has 0 saturated carbocycles. The molecule has 152 valence electrons. The Hall–Kier alpha value is -2.99. The Morgan fingerprint density at radius 2 is 1.97 bits per heavy atom. The highest BCUT2D eigenvalue weighted by molar-refractivity contribution is 5.97. The number of aromatic nitrogens is 1. The average Bonchev–Trinajstić information content (AvgIpc) is 2.75. The van der Waals surface area contributed by atoms with Crippen LogP contribution in [0.3, 0.4) is 0 Å². The first kappa shape index (κ1) is 20.7. The molecule has 0 aliphatic heterocycles. The Morgan fingerprint density at radius 3 is 2.83 bits per heavy atom. The second kappa shape index (κ2) is 10.5. The monoisotopic (exact) mass is 396 g/mol. The van der Waals surface area contributed by atoms with E-state index in [1.807, 2.05) is 19.1 Å². The number of halogens is 1. The highest BCUT2D eigenvalue weighted by Crippen LogP contribution is 2.21. The van der Waals surface area contributed by atoms with E-state index in [0.29, 0.717) is 30.9 Å². The number of nitrogens with one attached hydrogen (secondary N) is 1. The first-order valence-electron chi connectivity index (χ1n) is 9.80. The topological polar surface area (TPSA) is 60.5 Å². The van der Waals surface area contributed by atoms with Crippen molar-refractivity contribution in [1.29, 1.82) is 0 Å². The van der Waals surface area contributed by atoms with Gasteiger partial charge in [-0.05, 0) is 50.1 Å². The number of hydrogen-bond donors (Lipinski definition) is 1. The minimum atomic E-state index is -0.444. The predicted octanol–water partition coefficient (Wildman–Crippen LogP) is 4.50. The molecule has 6 heteroatoms. The molecule has 29 heavy (non-hydrogen) atoms. The summed E-state index contributed by atoms with van der Waals surface area (Å²) in [6, 6.07) is 14.0. The number of fused-ring (bicyclic) bond motifs is 1. The molecule has 0 atom stereocenters. The molecule has 0 fully saturated rings. The van der Waals surface area contributed by atoms with Crippen LogP contribution in [0, 0.1) is 5.82 Å². The maximum Gasteiger partial charge on any atom is 0.251 e. The largest absolute Gasteiger partial charge is 0.491 e. The van der Waals surface area contributed by atoms with Gasteiger partial charge in [-0.25, -0.2) is 4.39 Å². The van der Waals surface area contributed by atoms with Crippen LogP contribution in [0.1, 0.15) is 35.7 Å². The van der Waals surface area contributed by atoms with Gasteiger partial charge in [-0.3, -0.25) is 9.78 Å². The Bertz CT molecular complexity index is 962. The highest BCUT2D eigenvalue weighted by atomic mass is 19.1. The Kier molecular flexibility index (Phi) is 7.53. The third-order valence-electron chi connectivity index (χ3n) is 4.49. The van der Waals surface area contributed by atoms with Crippen molar-refractivity contribution in [2.45, 2.75) is 26.3 Å². The van der Waals surface area contributed by atoms with Gasteiger partial charge in [-0.1, -0.05) is 18.2 Å². The quantitative estimate of drug-likeness (QED) is 0.513. The minimum Gasteiger partial charge on any atom is -0.491 e. The Balaban J connectivity index is 1.56. The predicted molar refractivity (Wildman–Crippen MR) is 111 cm³/mol. The highest BCUT2D eigenvalue weighted by Gasteiger charge is 2.12. The zero-order chi connectivity index (χ0) is 20.5. The second-order valence-electron chi connectivity index (χ2n) is 6.58. The fourth-order valence-corrected chi connectivity index (χ4v) is 2.93. The fourth-order valence-electron chi connectivity index (χ4n) is 2.93. The number of ether oxygens (including phenoxy) is 2. The lowest BCUT2D eigenvalue weighted by Crippen LogP contribution is -2.23. The normalized spacial score (nSPS) is 10.8. The van der Waals surface area contributed by atoms with E-state index in [2.05, 4.69) is 10.3 Å². The summed E-state index contributed by atoms with van der Waals surface area (Å²) < 4.78 is 25.5. The second-order valence-corrected chi connectivity index (χ2v) is 6.58. The van der Waals surface area contributed by atoms with Crippen LogP contribution in [0.2, 0.25) is 0 Å². The summed E-state index contributed by atoms with van der Waals surface area (Å²) in [7, 11) is 0. The lowest BCUT2D eigenvalue weighted by atomic mass is 10.1. The molecule has 0 saturated heterocycles. The van der Waals surface area contributed by atoms with E-state index >= 15 is 0 Å². The number of rotatable bonds is 10. The van der Waals surface area contributed by atoms with E-state index in [1.54, 1.807) is 42.6 Å². The maximum absolute atomic E-state index is 14.7. The third kappa shape index (κ3) is 5.74. The number of carbonyl (C=O) groups is 1. The Morgan fingerprint density at radius 1 is 1.10 bits per heavy atom. The van der Waals surface area contributed by atoms with Gasteiger partial charge in [-0.2, -0.15) is 0 Å². The van der Waals surface area contributed by atoms with Crippen molar-refractivity contribution in [2.75, 3.05) is 19.8 Å². The number of benzene rings is 2. The molecule has 1 aromatic heterocycles. The SMILES string of the molecule is CCOCCCCOc1cccc(CNC(=O)c2ccc3ncccc3c2)c1F. The summed E-state index contributed by atoms with van der Waals surface area (Å²) in [5, 5.41) is 3.65. The average molecular weight is 396 g/mol. The van der Waals surface area contributed by atoms with E-state index in [1.165, 1.54) is 0 Å². The number of hydrogen-bond acceptors (Lipinski definition) is 4. The van der Waals surface area contributed by atoms with E-state index in [9.17, 15) is 9.18 Å². The summed E-state index contributed by atoms with van der Waals surface area (Å²) in [4.78, 5) is 16.7. The molecule has 5 nitrogen and oxygen atoms in total. The number of carbonyl (C=O) groups excluding carboxylic acids is 1. The smallest absolute Gasteiger partial charge is 0.251 e. The molecule has 3 aromatic rings. The van der Waals surface area contributed by atoms with Crippen LogP contribution in [0.4, 0.5) is 4.39 Å². The first-order valence-corrected chi connectivity index (χ1v) is 9.80. The van der Waals surface area contributed by atoms with Crippen molar-refractivity contribution < 1.29 is 18.7 Å². The molecule has 0 unspecified atom stereocenters. The van der Waals surface area contributed by atoms with Gasteiger partial charge in [0, 0.05) is 42.5 Å². The summed E-state index contributed by atoms with van der Waals surface area (Å²) in [6.45, 7) is 3.83. The molecule has 0 spiro atoms. The van der Waals surface area contributed by atoms with Gasteiger partial charge >= 0.3 is 0 Å². The van der Waals surface area contributed by atoms with Crippen molar-refractivity contribution in [3.8, 4) is 5.75 Å². The zero-order valence-electron chi connectivity index (χ0n) is 16.5. The van der Waals surface area contributed by atoms with Crippen LogP contribution < -0.4 is 10.1 Å². The molecule has 0 bridgehead atoms. The summed E-state index contributed by atoms with van der Waals surface area (Å²) >= 11 is 0. The number of nitrogens with zero attached hydrogens (tertiary/aromatic N) is 1. The molecule has 3 rings (SSSR count). The lowest BCUT2D eigenvalue weighted by Gasteiger charge is -2.11. The number of unbranched alkanes of at least 4 members (excludes halogenated alkanes) is 1. The van der Waals surface area contributed by atoms with Crippen LogP contribution in [0.15, 0.2) is 54.7 Å². The van der Waals surface area contributed by atoms with Crippen LogP contribution in [0.5, 0.6) is 5.75 Å². The summed E-state index contributed by atoms with van der Waals surface area (Å²) in [5.41, 5.74) is 1.71. The third-order valence-corrected chi connectivity index (χ3v) is 4.49. The van der Waals surface area contributed by atoms with E-state index in [4.69, 9.17) is 9.47 Å².